The number of methoxy groups -OCH3 is 1. The number of nitrogens with zero attached hydrogens (tertiary/aromatic N) is 1. The first kappa shape index (κ1) is 10.8. The van der Waals surface area contributed by atoms with Crippen LogP contribution < -0.4 is 4.74 Å². The van der Waals surface area contributed by atoms with Crippen molar-refractivity contribution in [2.45, 2.75) is 6.54 Å². The second-order valence-corrected chi connectivity index (χ2v) is 4.38. The summed E-state index contributed by atoms with van der Waals surface area (Å²) in [6, 6.07) is 8.21. The van der Waals surface area contributed by atoms with Crippen molar-refractivity contribution < 1.29 is 9.47 Å². The Morgan fingerprint density at radius 2 is 2.20 bits per heavy atom. The van der Waals surface area contributed by atoms with E-state index in [0.717, 1.165) is 31.4 Å². The zero-order chi connectivity index (χ0) is 10.5. The maximum atomic E-state index is 5.28. The Morgan fingerprint density at radius 3 is 2.80 bits per heavy atom. The van der Waals surface area contributed by atoms with Gasteiger partial charge in [0.15, 0.2) is 0 Å². The fourth-order valence-electron chi connectivity index (χ4n) is 1.46. The third-order valence-electron chi connectivity index (χ3n) is 2.32. The van der Waals surface area contributed by atoms with Crippen LogP contribution in [0, 0.1) is 0 Å². The predicted molar refractivity (Wildman–Crippen MR) is 61.8 cm³/mol. The van der Waals surface area contributed by atoms with E-state index in [2.05, 4.69) is 16.4 Å². The van der Waals surface area contributed by atoms with Crippen LogP contribution in [-0.4, -0.2) is 30.5 Å². The van der Waals surface area contributed by atoms with Crippen molar-refractivity contribution in [2.24, 2.45) is 0 Å². The minimum absolute atomic E-state index is 0.774. The van der Waals surface area contributed by atoms with Crippen molar-refractivity contribution in [3.05, 3.63) is 29.8 Å². The van der Waals surface area contributed by atoms with Gasteiger partial charge in [0.25, 0.3) is 0 Å². The molecule has 0 amide bonds. The van der Waals surface area contributed by atoms with E-state index in [9.17, 15) is 0 Å². The quantitative estimate of drug-likeness (QED) is 0.735. The SMILES string of the molecule is COc1ccc(CN2CCOCS2)cc1. The molecule has 1 heterocycles. The minimum atomic E-state index is 0.774. The lowest BCUT2D eigenvalue weighted by atomic mass is 10.2. The highest BCUT2D eigenvalue weighted by atomic mass is 32.2. The highest BCUT2D eigenvalue weighted by Crippen LogP contribution is 2.19. The third kappa shape index (κ3) is 3.12. The van der Waals surface area contributed by atoms with Crippen LogP contribution in [0.15, 0.2) is 24.3 Å². The molecular formula is C11H15NO2S. The Balaban J connectivity index is 1.91. The number of ether oxygens (including phenoxy) is 2. The summed E-state index contributed by atoms with van der Waals surface area (Å²) in [5.41, 5.74) is 1.31. The molecule has 15 heavy (non-hydrogen) atoms. The van der Waals surface area contributed by atoms with Gasteiger partial charge in [-0.05, 0) is 29.6 Å². The van der Waals surface area contributed by atoms with E-state index in [0.29, 0.717) is 0 Å². The lowest BCUT2D eigenvalue weighted by Crippen LogP contribution is -2.26. The van der Waals surface area contributed by atoms with Gasteiger partial charge < -0.3 is 9.47 Å². The average molecular weight is 225 g/mol. The van der Waals surface area contributed by atoms with Crippen LogP contribution in [0.25, 0.3) is 0 Å². The maximum Gasteiger partial charge on any atom is 0.118 e. The van der Waals surface area contributed by atoms with Crippen molar-refractivity contribution in [1.29, 1.82) is 0 Å². The summed E-state index contributed by atoms with van der Waals surface area (Å²) in [7, 11) is 1.69. The van der Waals surface area contributed by atoms with Gasteiger partial charge in [-0.2, -0.15) is 0 Å². The van der Waals surface area contributed by atoms with Gasteiger partial charge >= 0.3 is 0 Å². The molecule has 0 unspecified atom stereocenters. The van der Waals surface area contributed by atoms with Crippen molar-refractivity contribution in [2.75, 3.05) is 26.2 Å². The van der Waals surface area contributed by atoms with Crippen LogP contribution in [0.4, 0.5) is 0 Å². The normalized spacial score (nSPS) is 17.7. The zero-order valence-electron chi connectivity index (χ0n) is 8.81. The highest BCUT2D eigenvalue weighted by Gasteiger charge is 2.11. The molecule has 0 radical (unpaired) electrons. The van der Waals surface area contributed by atoms with E-state index in [1.807, 2.05) is 12.1 Å². The minimum Gasteiger partial charge on any atom is -0.497 e. The molecule has 1 aliphatic rings. The van der Waals surface area contributed by atoms with Crippen LogP contribution in [0.2, 0.25) is 0 Å². The molecule has 1 fully saturated rings. The van der Waals surface area contributed by atoms with Crippen molar-refractivity contribution >= 4 is 11.9 Å². The Labute approximate surface area is 94.5 Å². The zero-order valence-corrected chi connectivity index (χ0v) is 9.63. The third-order valence-corrected chi connectivity index (χ3v) is 3.27. The topological polar surface area (TPSA) is 21.7 Å². The van der Waals surface area contributed by atoms with Gasteiger partial charge in [0.05, 0.1) is 13.7 Å². The van der Waals surface area contributed by atoms with Crippen LogP contribution in [0.5, 0.6) is 5.75 Å². The summed E-state index contributed by atoms with van der Waals surface area (Å²) >= 11 is 1.75. The summed E-state index contributed by atoms with van der Waals surface area (Å²) in [5.74, 6) is 1.68. The summed E-state index contributed by atoms with van der Waals surface area (Å²) in [4.78, 5) is 0. The molecular weight excluding hydrogens is 210 g/mol. The molecule has 0 aromatic heterocycles. The van der Waals surface area contributed by atoms with Gasteiger partial charge in [-0.25, -0.2) is 4.31 Å². The smallest absolute Gasteiger partial charge is 0.118 e. The van der Waals surface area contributed by atoms with Crippen molar-refractivity contribution in [3.8, 4) is 5.75 Å². The van der Waals surface area contributed by atoms with Gasteiger partial charge in [0.2, 0.25) is 0 Å². The van der Waals surface area contributed by atoms with E-state index in [4.69, 9.17) is 9.47 Å². The monoisotopic (exact) mass is 225 g/mol. The van der Waals surface area contributed by atoms with E-state index < -0.39 is 0 Å². The molecule has 1 saturated heterocycles. The summed E-state index contributed by atoms with van der Waals surface area (Å²) < 4.78 is 12.7. The average Bonchev–Trinajstić information content (AvgIpc) is 2.31. The maximum absolute atomic E-state index is 5.28. The molecule has 82 valence electrons. The van der Waals surface area contributed by atoms with Crippen molar-refractivity contribution in [3.63, 3.8) is 0 Å². The molecule has 3 nitrogen and oxygen atoms in total. The Hall–Kier alpha value is -0.710. The molecule has 4 heteroatoms. The molecule has 0 aliphatic carbocycles. The molecule has 0 saturated carbocycles. The fraction of sp³-hybridized carbons (Fsp3) is 0.455. The molecule has 1 aromatic rings. The first-order chi connectivity index (χ1) is 7.38. The predicted octanol–water partition coefficient (Wildman–Crippen LogP) is 2.13. The van der Waals surface area contributed by atoms with Crippen molar-refractivity contribution in [1.82, 2.24) is 4.31 Å². The lowest BCUT2D eigenvalue weighted by Gasteiger charge is -2.25. The summed E-state index contributed by atoms with van der Waals surface area (Å²) in [5, 5.41) is 0. The standard InChI is InChI=1S/C11H15NO2S/c1-13-11-4-2-10(3-5-11)8-12-6-7-14-9-15-12/h2-5H,6-9H2,1H3. The highest BCUT2D eigenvalue weighted by molar-refractivity contribution is 7.96. The first-order valence-electron chi connectivity index (χ1n) is 4.97. The second kappa shape index (κ2) is 5.39. The molecule has 0 spiro atoms. The molecule has 1 aromatic carbocycles. The summed E-state index contributed by atoms with van der Waals surface area (Å²) in [6.45, 7) is 2.80. The largest absolute Gasteiger partial charge is 0.497 e. The molecule has 0 bridgehead atoms. The Morgan fingerprint density at radius 1 is 1.40 bits per heavy atom. The van der Waals surface area contributed by atoms with Crippen LogP contribution >= 0.6 is 11.9 Å². The molecule has 1 aliphatic heterocycles. The number of rotatable bonds is 3. The molecule has 0 N–H and O–H groups in total. The van der Waals surface area contributed by atoms with E-state index in [-0.39, 0.29) is 0 Å². The number of hydrogen-bond acceptors (Lipinski definition) is 4. The van der Waals surface area contributed by atoms with Gasteiger partial charge in [-0.1, -0.05) is 12.1 Å². The summed E-state index contributed by atoms with van der Waals surface area (Å²) in [6.07, 6.45) is 0. The van der Waals surface area contributed by atoms with Crippen LogP contribution in [0.3, 0.4) is 0 Å². The van der Waals surface area contributed by atoms with Gasteiger partial charge in [-0.3, -0.25) is 0 Å². The van der Waals surface area contributed by atoms with Gasteiger partial charge in [0.1, 0.15) is 11.7 Å². The van der Waals surface area contributed by atoms with Gasteiger partial charge in [-0.15, -0.1) is 0 Å². The van der Waals surface area contributed by atoms with E-state index in [1.165, 1.54) is 5.56 Å². The van der Waals surface area contributed by atoms with E-state index in [1.54, 1.807) is 19.1 Å². The van der Waals surface area contributed by atoms with E-state index >= 15 is 0 Å². The molecule has 2 rings (SSSR count). The number of benzene rings is 1. The number of hydrogen-bond donors (Lipinski definition) is 0. The van der Waals surface area contributed by atoms with Gasteiger partial charge in [0, 0.05) is 13.1 Å². The second-order valence-electron chi connectivity index (χ2n) is 3.37. The molecule has 0 atom stereocenters. The Kier molecular flexibility index (Phi) is 3.88. The van der Waals surface area contributed by atoms with Crippen LogP contribution in [-0.2, 0) is 11.3 Å². The van der Waals surface area contributed by atoms with Crippen LogP contribution in [0.1, 0.15) is 5.56 Å². The fourth-order valence-corrected chi connectivity index (χ4v) is 2.25. The lowest BCUT2D eigenvalue weighted by molar-refractivity contribution is 0.146. The first-order valence-corrected chi connectivity index (χ1v) is 5.91. The Bertz CT molecular complexity index is 296.